The molecule has 0 radical (unpaired) electrons. The zero-order chi connectivity index (χ0) is 40.1. The number of Topliss-reactive ketones (excluding diaryl/α,β-unsaturated/α-hetero) is 1. The number of aromatic hydroxyl groups is 2. The number of anilines is 2. The SMILES string of the molecule is COc1cc(C(CC(=O)NCCC(=O)Nc2ccc(NC(C)=O)cc2)c2c(O)cc3c(c2O)C(=O)O[C@@H](C)CCCC(=O)CCC/C=C/3)cc(OC)c1OC. The van der Waals surface area contributed by atoms with Crippen LogP contribution in [-0.2, 0) is 23.9 Å². The highest BCUT2D eigenvalue weighted by molar-refractivity contribution is 5.98. The van der Waals surface area contributed by atoms with Gasteiger partial charge in [0.15, 0.2) is 11.5 Å². The Hall–Kier alpha value is -6.05. The van der Waals surface area contributed by atoms with Crippen LogP contribution < -0.4 is 30.2 Å². The van der Waals surface area contributed by atoms with Crippen LogP contribution in [0.25, 0.3) is 6.08 Å². The first-order valence-electron chi connectivity index (χ1n) is 18.1. The van der Waals surface area contributed by atoms with Crippen molar-refractivity contribution in [2.45, 2.75) is 77.2 Å². The number of benzene rings is 3. The molecule has 2 atom stereocenters. The molecule has 1 aliphatic rings. The third kappa shape index (κ3) is 11.5. The topological polar surface area (TPSA) is 199 Å². The van der Waals surface area contributed by atoms with Crippen molar-refractivity contribution in [1.82, 2.24) is 5.32 Å². The monoisotopic (exact) mass is 759 g/mol. The highest BCUT2D eigenvalue weighted by Gasteiger charge is 2.32. The van der Waals surface area contributed by atoms with Gasteiger partial charge in [-0.25, -0.2) is 4.79 Å². The van der Waals surface area contributed by atoms with Gasteiger partial charge in [-0.2, -0.15) is 0 Å². The fourth-order valence-electron chi connectivity index (χ4n) is 6.34. The van der Waals surface area contributed by atoms with E-state index in [1.807, 2.05) is 0 Å². The van der Waals surface area contributed by atoms with Crippen LogP contribution in [0, 0.1) is 0 Å². The summed E-state index contributed by atoms with van der Waals surface area (Å²) in [6.07, 6.45) is 5.25. The molecule has 0 spiro atoms. The van der Waals surface area contributed by atoms with Gasteiger partial charge in [0, 0.05) is 62.0 Å². The number of ketones is 1. The fraction of sp³-hybridized carbons (Fsp3) is 0.390. The summed E-state index contributed by atoms with van der Waals surface area (Å²) in [7, 11) is 4.28. The van der Waals surface area contributed by atoms with Crippen molar-refractivity contribution < 1.29 is 53.1 Å². The van der Waals surface area contributed by atoms with E-state index in [1.165, 1.54) is 34.3 Å². The molecule has 14 heteroatoms. The number of methoxy groups -OCH3 is 3. The lowest BCUT2D eigenvalue weighted by molar-refractivity contribution is -0.122. The molecule has 0 aromatic heterocycles. The van der Waals surface area contributed by atoms with Gasteiger partial charge in [-0.05, 0) is 86.2 Å². The minimum atomic E-state index is -1.08. The van der Waals surface area contributed by atoms with Gasteiger partial charge in [-0.3, -0.25) is 19.2 Å². The standard InChI is InChI=1S/C41H49N3O11/c1-24-10-9-13-30(46)12-8-6-7-11-26-20-32(47)38(39(50)37(26)41(51)55-24)31(27-21-33(52-3)40(54-5)34(22-27)53-4)23-36(49)42-19-18-35(48)44-29-16-14-28(15-17-29)43-25(2)45/h7,11,14-17,20-22,24,31,47,50H,6,8-10,12-13,18-19,23H2,1-5H3,(H,42,49)(H,43,45)(H,44,48)/b11-7+/t24-,31?/m0/s1. The minimum Gasteiger partial charge on any atom is -0.507 e. The highest BCUT2D eigenvalue weighted by Crippen LogP contribution is 2.47. The van der Waals surface area contributed by atoms with E-state index in [0.29, 0.717) is 55.5 Å². The van der Waals surface area contributed by atoms with Crippen LogP contribution in [0.2, 0.25) is 0 Å². The minimum absolute atomic E-state index is 0.0423. The van der Waals surface area contributed by atoms with Gasteiger partial charge >= 0.3 is 5.97 Å². The number of hydrogen-bond donors (Lipinski definition) is 5. The van der Waals surface area contributed by atoms with Crippen LogP contribution in [0.3, 0.4) is 0 Å². The Morgan fingerprint density at radius 2 is 1.53 bits per heavy atom. The number of carbonyl (C=O) groups is 5. The largest absolute Gasteiger partial charge is 0.507 e. The average Bonchev–Trinajstić information content (AvgIpc) is 3.13. The van der Waals surface area contributed by atoms with Gasteiger partial charge in [-0.15, -0.1) is 0 Å². The van der Waals surface area contributed by atoms with E-state index in [-0.39, 0.29) is 70.9 Å². The van der Waals surface area contributed by atoms with Crippen molar-refractivity contribution in [3.63, 3.8) is 0 Å². The van der Waals surface area contributed by atoms with Crippen molar-refractivity contribution in [2.24, 2.45) is 0 Å². The molecule has 14 nitrogen and oxygen atoms in total. The number of nitrogens with one attached hydrogen (secondary N) is 3. The third-order valence-corrected chi connectivity index (χ3v) is 9.04. The molecule has 0 saturated carbocycles. The summed E-state index contributed by atoms with van der Waals surface area (Å²) >= 11 is 0. The average molecular weight is 760 g/mol. The predicted molar refractivity (Wildman–Crippen MR) is 206 cm³/mol. The lowest BCUT2D eigenvalue weighted by Gasteiger charge is -2.24. The molecule has 0 fully saturated rings. The predicted octanol–water partition coefficient (Wildman–Crippen LogP) is 6.23. The second-order valence-corrected chi connectivity index (χ2v) is 13.2. The summed E-state index contributed by atoms with van der Waals surface area (Å²) in [5.74, 6) is -3.11. The molecule has 4 rings (SSSR count). The van der Waals surface area contributed by atoms with Crippen LogP contribution in [0.5, 0.6) is 28.7 Å². The summed E-state index contributed by atoms with van der Waals surface area (Å²) in [4.78, 5) is 63.5. The lowest BCUT2D eigenvalue weighted by atomic mass is 9.84. The molecule has 3 aromatic rings. The van der Waals surface area contributed by atoms with Gasteiger partial charge in [0.2, 0.25) is 23.5 Å². The molecule has 5 N–H and O–H groups in total. The number of amides is 3. The zero-order valence-corrected chi connectivity index (χ0v) is 31.8. The number of allylic oxidation sites excluding steroid dienone is 1. The Labute approximate surface area is 320 Å². The van der Waals surface area contributed by atoms with Crippen LogP contribution in [-0.4, -0.2) is 73.7 Å². The molecular formula is C41H49N3O11. The quantitative estimate of drug-likeness (QED) is 0.131. The number of hydrogen-bond acceptors (Lipinski definition) is 11. The second kappa shape index (κ2) is 19.9. The summed E-state index contributed by atoms with van der Waals surface area (Å²) in [5, 5.41) is 31.6. The first-order chi connectivity index (χ1) is 26.3. The third-order valence-electron chi connectivity index (χ3n) is 9.04. The van der Waals surface area contributed by atoms with E-state index < -0.39 is 35.4 Å². The number of ether oxygens (including phenoxy) is 4. The summed E-state index contributed by atoms with van der Waals surface area (Å²) < 4.78 is 22.3. The van der Waals surface area contributed by atoms with Crippen molar-refractivity contribution in [3.05, 3.63) is 70.8 Å². The number of esters is 1. The summed E-state index contributed by atoms with van der Waals surface area (Å²) in [5.41, 5.74) is 1.34. The van der Waals surface area contributed by atoms with E-state index in [0.717, 1.165) is 0 Å². The molecule has 0 bridgehead atoms. The van der Waals surface area contributed by atoms with Crippen molar-refractivity contribution in [3.8, 4) is 28.7 Å². The summed E-state index contributed by atoms with van der Waals surface area (Å²) in [6, 6.07) is 11.0. The van der Waals surface area contributed by atoms with Crippen molar-refractivity contribution >= 4 is 46.9 Å². The normalized spacial score (nSPS) is 16.0. The highest BCUT2D eigenvalue weighted by atomic mass is 16.5. The number of carbonyl (C=O) groups excluding carboxylic acids is 5. The van der Waals surface area contributed by atoms with Crippen LogP contribution in [0.1, 0.15) is 98.2 Å². The van der Waals surface area contributed by atoms with Crippen molar-refractivity contribution in [1.29, 1.82) is 0 Å². The van der Waals surface area contributed by atoms with Gasteiger partial charge in [-0.1, -0.05) is 12.2 Å². The van der Waals surface area contributed by atoms with Gasteiger partial charge in [0.1, 0.15) is 22.8 Å². The van der Waals surface area contributed by atoms with Crippen molar-refractivity contribution in [2.75, 3.05) is 38.5 Å². The van der Waals surface area contributed by atoms with Crippen LogP contribution in [0.4, 0.5) is 11.4 Å². The van der Waals surface area contributed by atoms with E-state index in [2.05, 4.69) is 16.0 Å². The van der Waals surface area contributed by atoms with Crippen LogP contribution in [0.15, 0.2) is 48.5 Å². The van der Waals surface area contributed by atoms with Gasteiger partial charge < -0.3 is 45.1 Å². The van der Waals surface area contributed by atoms with Crippen LogP contribution >= 0.6 is 0 Å². The van der Waals surface area contributed by atoms with Gasteiger partial charge in [0.05, 0.1) is 27.4 Å². The van der Waals surface area contributed by atoms with Gasteiger partial charge in [0.25, 0.3) is 0 Å². The Bertz CT molecular complexity index is 1880. The Morgan fingerprint density at radius 3 is 2.15 bits per heavy atom. The molecule has 1 heterocycles. The number of rotatable bonds is 12. The van der Waals surface area contributed by atoms with E-state index in [9.17, 15) is 34.2 Å². The zero-order valence-electron chi connectivity index (χ0n) is 31.8. The van der Waals surface area contributed by atoms with E-state index in [1.54, 1.807) is 55.5 Å². The molecule has 1 unspecified atom stereocenters. The number of cyclic esters (lactones) is 1. The maximum atomic E-state index is 13.7. The number of phenolic OH excluding ortho intramolecular Hbond substituents is 2. The van der Waals surface area contributed by atoms with E-state index >= 15 is 0 Å². The fourth-order valence-corrected chi connectivity index (χ4v) is 6.34. The Kier molecular flexibility index (Phi) is 15.1. The lowest BCUT2D eigenvalue weighted by Crippen LogP contribution is -2.29. The second-order valence-electron chi connectivity index (χ2n) is 13.2. The maximum Gasteiger partial charge on any atom is 0.342 e. The summed E-state index contributed by atoms with van der Waals surface area (Å²) in [6.45, 7) is 3.05. The molecule has 3 amide bonds. The number of phenols is 2. The molecule has 0 aliphatic carbocycles. The number of fused-ring (bicyclic) bond motifs is 1. The smallest absolute Gasteiger partial charge is 0.342 e. The first kappa shape index (κ1) is 41.7. The van der Waals surface area contributed by atoms with E-state index in [4.69, 9.17) is 18.9 Å². The molecular weight excluding hydrogens is 710 g/mol. The molecule has 3 aromatic carbocycles. The maximum absolute atomic E-state index is 13.7. The molecule has 294 valence electrons. The molecule has 1 aliphatic heterocycles. The molecule has 55 heavy (non-hydrogen) atoms. The molecule has 0 saturated heterocycles. The Balaban J connectivity index is 1.67. The first-order valence-corrected chi connectivity index (χ1v) is 18.1. The Morgan fingerprint density at radius 1 is 0.891 bits per heavy atom.